The molecule has 4 nitrogen and oxygen atoms in total. The van der Waals surface area contributed by atoms with Crippen molar-refractivity contribution in [1.29, 1.82) is 0 Å². The summed E-state index contributed by atoms with van der Waals surface area (Å²) in [5, 5.41) is 0.763. The summed E-state index contributed by atoms with van der Waals surface area (Å²) in [6, 6.07) is 6.38. The van der Waals surface area contributed by atoms with Gasteiger partial charge in [-0.25, -0.2) is 18.4 Å². The number of unbranched alkanes of at least 4 members (excludes halogenated alkanes) is 10. The third-order valence-electron chi connectivity index (χ3n) is 9.98. The van der Waals surface area contributed by atoms with Crippen LogP contribution in [0.3, 0.4) is 0 Å². The van der Waals surface area contributed by atoms with Gasteiger partial charge >= 0.3 is 11.9 Å². The number of benzene rings is 1. The van der Waals surface area contributed by atoms with Gasteiger partial charge in [0.1, 0.15) is 12.2 Å². The van der Waals surface area contributed by atoms with Crippen LogP contribution in [-0.2, 0) is 19.1 Å². The number of rotatable bonds is 20. The van der Waals surface area contributed by atoms with E-state index in [1.54, 1.807) is 0 Å². The Hall–Kier alpha value is -1.69. The summed E-state index contributed by atoms with van der Waals surface area (Å²) in [5.41, 5.74) is 2.32. The maximum absolute atomic E-state index is 14.4. The predicted molar refractivity (Wildman–Crippen MR) is 179 cm³/mol. The van der Waals surface area contributed by atoms with Gasteiger partial charge in [0, 0.05) is 5.02 Å². The second-order valence-corrected chi connectivity index (χ2v) is 14.1. The highest BCUT2D eigenvalue weighted by Gasteiger charge is 2.31. The molecule has 2 aliphatic carbocycles. The lowest BCUT2D eigenvalue weighted by Gasteiger charge is -2.31. The van der Waals surface area contributed by atoms with Crippen LogP contribution in [0.5, 0.6) is 0 Å². The molecule has 0 N–H and O–H groups in total. The van der Waals surface area contributed by atoms with Gasteiger partial charge in [-0.2, -0.15) is 0 Å². The van der Waals surface area contributed by atoms with E-state index < -0.39 is 24.3 Å². The molecule has 256 valence electrons. The first-order chi connectivity index (χ1) is 21.8. The molecule has 1 aromatic rings. The van der Waals surface area contributed by atoms with E-state index in [2.05, 4.69) is 32.0 Å². The van der Waals surface area contributed by atoms with Gasteiger partial charge in [-0.1, -0.05) is 102 Å². The smallest absolute Gasteiger partial charge is 0.340 e. The topological polar surface area (TPSA) is 52.6 Å². The van der Waals surface area contributed by atoms with Crippen molar-refractivity contribution in [2.24, 2.45) is 0 Å². The Balaban J connectivity index is 1.34. The van der Waals surface area contributed by atoms with Crippen molar-refractivity contribution in [3.63, 3.8) is 0 Å². The van der Waals surface area contributed by atoms with Crippen LogP contribution in [0, 0.1) is 0 Å². The zero-order valence-electron chi connectivity index (χ0n) is 28.0. The molecular formula is C38H59ClF2O4. The summed E-state index contributed by atoms with van der Waals surface area (Å²) in [5.74, 6) is -0.750. The van der Waals surface area contributed by atoms with Crippen LogP contribution in [0.25, 0.3) is 0 Å². The molecule has 0 heterocycles. The maximum atomic E-state index is 14.4. The first-order valence-electron chi connectivity index (χ1n) is 18.3. The van der Waals surface area contributed by atoms with E-state index in [0.29, 0.717) is 11.8 Å². The van der Waals surface area contributed by atoms with Crippen molar-refractivity contribution in [1.82, 2.24) is 0 Å². The molecule has 2 saturated carbocycles. The highest BCUT2D eigenvalue weighted by Crippen LogP contribution is 2.41. The van der Waals surface area contributed by atoms with Crippen LogP contribution in [0.1, 0.15) is 178 Å². The maximum Gasteiger partial charge on any atom is 0.340 e. The number of halogens is 3. The Morgan fingerprint density at radius 3 is 1.53 bits per heavy atom. The monoisotopic (exact) mass is 652 g/mol. The summed E-state index contributed by atoms with van der Waals surface area (Å²) in [4.78, 5) is 24.6. The average Bonchev–Trinajstić information content (AvgIpc) is 3.04. The quantitative estimate of drug-likeness (QED) is 0.104. The minimum Gasteiger partial charge on any atom is -0.460 e. The fourth-order valence-electron chi connectivity index (χ4n) is 7.05. The second-order valence-electron chi connectivity index (χ2n) is 13.6. The van der Waals surface area contributed by atoms with Gasteiger partial charge in [0.25, 0.3) is 0 Å². The zero-order valence-corrected chi connectivity index (χ0v) is 28.8. The van der Waals surface area contributed by atoms with Crippen molar-refractivity contribution >= 4 is 23.5 Å². The number of alkyl halides is 2. The molecule has 0 radical (unpaired) electrons. The summed E-state index contributed by atoms with van der Waals surface area (Å²) >= 11 is 6.80. The van der Waals surface area contributed by atoms with Gasteiger partial charge in [-0.05, 0) is 106 Å². The number of ether oxygens (including phenoxy) is 2. The van der Waals surface area contributed by atoms with Crippen molar-refractivity contribution in [2.45, 2.75) is 191 Å². The molecule has 2 fully saturated rings. The van der Waals surface area contributed by atoms with Crippen molar-refractivity contribution in [3.8, 4) is 0 Å². The van der Waals surface area contributed by atoms with Gasteiger partial charge in [0.15, 0.2) is 12.3 Å². The molecule has 0 aliphatic heterocycles. The van der Waals surface area contributed by atoms with E-state index in [4.69, 9.17) is 21.1 Å². The van der Waals surface area contributed by atoms with Gasteiger partial charge < -0.3 is 9.47 Å². The van der Waals surface area contributed by atoms with Crippen molar-refractivity contribution in [2.75, 3.05) is 0 Å². The minimum absolute atomic E-state index is 0.209. The Kier molecular flexibility index (Phi) is 17.8. The first kappa shape index (κ1) is 37.8. The van der Waals surface area contributed by atoms with Crippen molar-refractivity contribution in [3.05, 3.63) is 34.3 Å². The van der Waals surface area contributed by atoms with E-state index in [1.807, 2.05) is 0 Å². The molecule has 0 saturated heterocycles. The molecule has 7 heteroatoms. The Morgan fingerprint density at radius 2 is 1.09 bits per heavy atom. The molecule has 2 atom stereocenters. The molecule has 0 bridgehead atoms. The number of esters is 2. The molecule has 1 aromatic carbocycles. The summed E-state index contributed by atoms with van der Waals surface area (Å²) in [7, 11) is 0. The molecule has 45 heavy (non-hydrogen) atoms. The number of carbonyl (C=O) groups is 2. The van der Waals surface area contributed by atoms with Crippen LogP contribution >= 0.6 is 11.6 Å². The second kappa shape index (κ2) is 21.2. The number of carbonyl (C=O) groups excluding carboxylic acids is 2. The molecule has 2 aliphatic rings. The Bertz CT molecular complexity index is 988. The molecule has 0 spiro atoms. The lowest BCUT2D eigenvalue weighted by molar-refractivity contribution is -0.157. The number of hydrogen-bond donors (Lipinski definition) is 0. The van der Waals surface area contributed by atoms with Gasteiger partial charge in [-0.15, -0.1) is 0 Å². The fourth-order valence-corrected chi connectivity index (χ4v) is 7.40. The molecule has 0 amide bonds. The highest BCUT2D eigenvalue weighted by molar-refractivity contribution is 6.31. The van der Waals surface area contributed by atoms with E-state index >= 15 is 0 Å². The van der Waals surface area contributed by atoms with Gasteiger partial charge in [0.05, 0.1) is 0 Å². The third kappa shape index (κ3) is 13.5. The molecule has 3 rings (SSSR count). The highest BCUT2D eigenvalue weighted by atomic mass is 35.5. The van der Waals surface area contributed by atoms with Gasteiger partial charge in [0.2, 0.25) is 0 Å². The van der Waals surface area contributed by atoms with Crippen LogP contribution in [-0.4, -0.2) is 36.5 Å². The van der Waals surface area contributed by atoms with Crippen LogP contribution in [0.2, 0.25) is 5.02 Å². The Labute approximate surface area is 276 Å². The van der Waals surface area contributed by atoms with Crippen LogP contribution in [0.15, 0.2) is 18.2 Å². The summed E-state index contributed by atoms with van der Waals surface area (Å²) < 4.78 is 39.8. The summed E-state index contributed by atoms with van der Waals surface area (Å²) in [6.45, 7) is 4.34. The first-order valence-corrected chi connectivity index (χ1v) is 18.7. The minimum atomic E-state index is -1.52. The van der Waals surface area contributed by atoms with E-state index in [1.165, 1.54) is 44.1 Å². The van der Waals surface area contributed by atoms with Gasteiger partial charge in [-0.3, -0.25) is 0 Å². The van der Waals surface area contributed by atoms with Crippen LogP contribution < -0.4 is 0 Å². The average molecular weight is 653 g/mol. The third-order valence-corrected chi connectivity index (χ3v) is 10.3. The zero-order chi connectivity index (χ0) is 32.4. The lowest BCUT2D eigenvalue weighted by atomic mass is 9.80. The lowest BCUT2D eigenvalue weighted by Crippen LogP contribution is -2.28. The van der Waals surface area contributed by atoms with E-state index in [0.717, 1.165) is 100 Å². The summed E-state index contributed by atoms with van der Waals surface area (Å²) in [6.07, 6.45) is 16.2. The number of hydrogen-bond acceptors (Lipinski definition) is 4. The molecular weight excluding hydrogens is 594 g/mol. The normalized spacial score (nSPS) is 23.3. The van der Waals surface area contributed by atoms with E-state index in [-0.39, 0.29) is 25.0 Å². The fraction of sp³-hybridized carbons (Fsp3) is 0.789. The molecule has 2 unspecified atom stereocenters. The SMILES string of the molecule is CCCCCCCCC(F)C(=O)OC1CCC(c2ccc(C3CCC(OC(=O)C(F)CCCCCCCC)CC3)c(Cl)c2)CC1. The molecule has 0 aromatic heterocycles. The van der Waals surface area contributed by atoms with Crippen LogP contribution in [0.4, 0.5) is 8.78 Å². The Morgan fingerprint density at radius 1 is 0.667 bits per heavy atom. The largest absolute Gasteiger partial charge is 0.460 e. The predicted octanol–water partition coefficient (Wildman–Crippen LogP) is 11.7. The van der Waals surface area contributed by atoms with E-state index in [9.17, 15) is 18.4 Å². The van der Waals surface area contributed by atoms with Crippen molar-refractivity contribution < 1.29 is 27.8 Å². The standard InChI is InChI=1S/C38H59ClF2O4/c1-3-5-7-9-11-13-15-35(40)37(42)44-31-22-17-28(18-23-31)30-21-26-33(34(39)27-30)29-19-24-32(25-20-29)45-38(43)36(41)16-14-12-10-8-6-4-2/h21,26-29,31-32,35-36H,3-20,22-25H2,1-2H3.